The minimum absolute atomic E-state index is 0.0111. The lowest BCUT2D eigenvalue weighted by atomic mass is 10.1. The second-order valence-corrected chi connectivity index (χ2v) is 9.93. The summed E-state index contributed by atoms with van der Waals surface area (Å²) in [5, 5.41) is 2.40. The third-order valence-electron chi connectivity index (χ3n) is 4.01. The molecule has 4 nitrogen and oxygen atoms in total. The summed E-state index contributed by atoms with van der Waals surface area (Å²) in [5.74, 6) is -0.791. The fourth-order valence-corrected chi connectivity index (χ4v) is 6.44. The molecule has 0 unspecified atom stereocenters. The zero-order chi connectivity index (χ0) is 19.4. The van der Waals surface area contributed by atoms with Crippen molar-refractivity contribution in [3.63, 3.8) is 0 Å². The van der Waals surface area contributed by atoms with E-state index in [1.807, 2.05) is 41.5 Å². The molecule has 0 N–H and O–H groups in total. The third kappa shape index (κ3) is 5.63. The summed E-state index contributed by atoms with van der Waals surface area (Å²) >= 11 is 0. The van der Waals surface area contributed by atoms with Crippen molar-refractivity contribution in [3.05, 3.63) is 48.0 Å². The van der Waals surface area contributed by atoms with Gasteiger partial charge in [0.15, 0.2) is 5.79 Å². The van der Waals surface area contributed by atoms with Gasteiger partial charge in [0.2, 0.25) is 0 Å². The number of hydrogen-bond acceptors (Lipinski definition) is 4. The van der Waals surface area contributed by atoms with E-state index >= 15 is 0 Å². The third-order valence-corrected chi connectivity index (χ3v) is 7.29. The lowest BCUT2D eigenvalue weighted by Crippen LogP contribution is -2.56. The van der Waals surface area contributed by atoms with Crippen LogP contribution in [0.1, 0.15) is 47.1 Å². The molecular formula is C21H32O4Si. The van der Waals surface area contributed by atoms with E-state index in [4.69, 9.17) is 18.0 Å². The molecule has 0 aliphatic rings. The molecule has 0 spiro atoms. The zero-order valence-corrected chi connectivity index (χ0v) is 18.0. The summed E-state index contributed by atoms with van der Waals surface area (Å²) in [7, 11) is -1.42. The van der Waals surface area contributed by atoms with Crippen LogP contribution in [0, 0.1) is 0 Å². The molecule has 2 aromatic carbocycles. The molecule has 26 heavy (non-hydrogen) atoms. The zero-order valence-electron chi connectivity index (χ0n) is 17.0. The van der Waals surface area contributed by atoms with Gasteiger partial charge in [0.25, 0.3) is 0 Å². The maximum atomic E-state index is 6.42. The van der Waals surface area contributed by atoms with Gasteiger partial charge in [-0.2, -0.15) is 0 Å². The van der Waals surface area contributed by atoms with Crippen LogP contribution in [-0.4, -0.2) is 33.9 Å². The molecule has 0 atom stereocenters. The van der Waals surface area contributed by atoms with Crippen molar-refractivity contribution in [2.75, 3.05) is 7.11 Å². The van der Waals surface area contributed by atoms with Crippen LogP contribution in [0.4, 0.5) is 0 Å². The molecular weight excluding hydrogens is 344 g/mol. The van der Waals surface area contributed by atoms with Crippen LogP contribution in [0.3, 0.4) is 0 Å². The van der Waals surface area contributed by atoms with Crippen molar-refractivity contribution in [1.82, 2.24) is 0 Å². The highest BCUT2D eigenvalue weighted by atomic mass is 28.4. The van der Waals surface area contributed by atoms with Gasteiger partial charge in [-0.1, -0.05) is 42.5 Å². The van der Waals surface area contributed by atoms with E-state index in [-0.39, 0.29) is 12.2 Å². The molecule has 2 aromatic rings. The van der Waals surface area contributed by atoms with Gasteiger partial charge in [0.05, 0.1) is 0 Å². The molecule has 0 amide bonds. The van der Waals surface area contributed by atoms with E-state index in [0.717, 1.165) is 0 Å². The van der Waals surface area contributed by atoms with E-state index in [2.05, 4.69) is 42.5 Å². The Morgan fingerprint density at radius 3 is 2.04 bits per heavy atom. The minimum Gasteiger partial charge on any atom is -0.371 e. The fraction of sp³-hybridized carbons (Fsp3) is 0.524. The van der Waals surface area contributed by atoms with E-state index in [9.17, 15) is 0 Å². The first kappa shape index (κ1) is 21.1. The van der Waals surface area contributed by atoms with Crippen molar-refractivity contribution in [2.45, 2.75) is 65.6 Å². The number of hydrogen-bond donors (Lipinski definition) is 0. The SMILES string of the molecule is COC(C)(C)O[Si](Cc1cccc2ccccc12)(OC(C)C)OC(C)C. The molecule has 0 aliphatic carbocycles. The van der Waals surface area contributed by atoms with E-state index in [0.29, 0.717) is 6.04 Å². The monoisotopic (exact) mass is 376 g/mol. The molecule has 0 saturated carbocycles. The van der Waals surface area contributed by atoms with Crippen molar-refractivity contribution in [1.29, 1.82) is 0 Å². The van der Waals surface area contributed by atoms with Crippen LogP contribution < -0.4 is 0 Å². The quantitative estimate of drug-likeness (QED) is 0.450. The highest BCUT2D eigenvalue weighted by molar-refractivity contribution is 6.60. The van der Waals surface area contributed by atoms with Crippen molar-refractivity contribution >= 4 is 19.6 Å². The molecule has 0 bridgehead atoms. The maximum absolute atomic E-state index is 6.42. The molecule has 0 heterocycles. The lowest BCUT2D eigenvalue weighted by Gasteiger charge is -2.39. The van der Waals surface area contributed by atoms with Gasteiger partial charge in [0, 0.05) is 25.4 Å². The molecule has 0 fully saturated rings. The molecule has 0 radical (unpaired) electrons. The van der Waals surface area contributed by atoms with Gasteiger partial charge in [-0.05, 0) is 57.9 Å². The Morgan fingerprint density at radius 1 is 0.885 bits per heavy atom. The first-order valence-corrected chi connectivity index (χ1v) is 11.2. The maximum Gasteiger partial charge on any atom is 0.508 e. The second kappa shape index (κ2) is 8.63. The summed E-state index contributed by atoms with van der Waals surface area (Å²) in [5.41, 5.74) is 1.17. The number of ether oxygens (including phenoxy) is 1. The molecule has 5 heteroatoms. The highest BCUT2D eigenvalue weighted by Crippen LogP contribution is 2.29. The topological polar surface area (TPSA) is 36.9 Å². The first-order chi connectivity index (χ1) is 12.2. The fourth-order valence-electron chi connectivity index (χ4n) is 3.01. The predicted molar refractivity (Wildman–Crippen MR) is 108 cm³/mol. The minimum atomic E-state index is -3.06. The van der Waals surface area contributed by atoms with Gasteiger partial charge in [0.1, 0.15) is 0 Å². The Balaban J connectivity index is 2.49. The van der Waals surface area contributed by atoms with E-state index in [1.54, 1.807) is 7.11 Å². The Hall–Kier alpha value is -1.24. The van der Waals surface area contributed by atoms with Crippen molar-refractivity contribution in [2.24, 2.45) is 0 Å². The number of rotatable bonds is 9. The first-order valence-electron chi connectivity index (χ1n) is 9.24. The van der Waals surface area contributed by atoms with Gasteiger partial charge in [-0.25, -0.2) is 0 Å². The summed E-state index contributed by atoms with van der Waals surface area (Å²) in [6.07, 6.45) is -0.0221. The molecule has 0 aliphatic heterocycles. The van der Waals surface area contributed by atoms with Crippen molar-refractivity contribution in [3.8, 4) is 0 Å². The highest BCUT2D eigenvalue weighted by Gasteiger charge is 2.48. The van der Waals surface area contributed by atoms with Crippen LogP contribution >= 0.6 is 0 Å². The van der Waals surface area contributed by atoms with Crippen LogP contribution in [0.5, 0.6) is 0 Å². The van der Waals surface area contributed by atoms with Crippen LogP contribution in [0.25, 0.3) is 10.8 Å². The number of fused-ring (bicyclic) bond motifs is 1. The number of benzene rings is 2. The summed E-state index contributed by atoms with van der Waals surface area (Å²) in [6, 6.07) is 15.3. The molecule has 2 rings (SSSR count). The standard InChI is InChI=1S/C21H32O4Si/c1-16(2)23-26(24-17(3)4,25-21(5,6)22-7)15-19-13-10-12-18-11-8-9-14-20(18)19/h8-14,16-17H,15H2,1-7H3. The predicted octanol–water partition coefficient (Wildman–Crippen LogP) is 5.11. The molecule has 0 saturated heterocycles. The summed E-state index contributed by atoms with van der Waals surface area (Å²) < 4.78 is 24.7. The Bertz CT molecular complexity index is 697. The van der Waals surface area contributed by atoms with Gasteiger partial charge < -0.3 is 18.0 Å². The molecule has 0 aromatic heterocycles. The van der Waals surface area contributed by atoms with Gasteiger partial charge in [-0.3, -0.25) is 0 Å². The largest absolute Gasteiger partial charge is 0.508 e. The molecule has 144 valence electrons. The average molecular weight is 377 g/mol. The summed E-state index contributed by atoms with van der Waals surface area (Å²) in [4.78, 5) is 0. The Morgan fingerprint density at radius 2 is 1.46 bits per heavy atom. The van der Waals surface area contributed by atoms with Gasteiger partial charge in [-0.15, -0.1) is 0 Å². The Kier molecular flexibility index (Phi) is 6.99. The summed E-state index contributed by atoms with van der Waals surface area (Å²) in [6.45, 7) is 11.8. The normalized spacial score (nSPS) is 13.1. The van der Waals surface area contributed by atoms with Crippen LogP contribution in [0.2, 0.25) is 0 Å². The van der Waals surface area contributed by atoms with Crippen LogP contribution in [0.15, 0.2) is 42.5 Å². The number of methoxy groups -OCH3 is 1. The average Bonchev–Trinajstić information content (AvgIpc) is 2.53. The Labute approximate surface area is 158 Å². The van der Waals surface area contributed by atoms with Crippen LogP contribution in [-0.2, 0) is 24.1 Å². The van der Waals surface area contributed by atoms with E-state index in [1.165, 1.54) is 16.3 Å². The second-order valence-electron chi connectivity index (χ2n) is 7.54. The lowest BCUT2D eigenvalue weighted by molar-refractivity contribution is -0.175. The smallest absolute Gasteiger partial charge is 0.371 e. The van der Waals surface area contributed by atoms with Crippen molar-refractivity contribution < 1.29 is 18.0 Å². The van der Waals surface area contributed by atoms with Gasteiger partial charge >= 0.3 is 8.80 Å². The van der Waals surface area contributed by atoms with E-state index < -0.39 is 14.6 Å².